The first-order chi connectivity index (χ1) is 12.0. The van der Waals surface area contributed by atoms with E-state index in [4.69, 9.17) is 5.11 Å². The Morgan fingerprint density at radius 3 is 1.81 bits per heavy atom. The van der Waals surface area contributed by atoms with E-state index < -0.39 is 5.97 Å². The molecule has 26 heavy (non-hydrogen) atoms. The van der Waals surface area contributed by atoms with Crippen LogP contribution < -0.4 is 5.32 Å². The van der Waals surface area contributed by atoms with E-state index in [0.29, 0.717) is 0 Å². The van der Waals surface area contributed by atoms with Crippen molar-refractivity contribution in [2.45, 2.75) is 116 Å². The number of unbranched alkanes of at least 4 members (excludes halogenated alkanes) is 11. The van der Waals surface area contributed by atoms with E-state index in [9.17, 15) is 4.79 Å². The quantitative estimate of drug-likeness (QED) is 0.241. The molecule has 0 bridgehead atoms. The van der Waals surface area contributed by atoms with Gasteiger partial charge in [-0.05, 0) is 46.0 Å². The van der Waals surface area contributed by atoms with E-state index >= 15 is 0 Å². The highest BCUT2D eigenvalue weighted by Crippen LogP contribution is 2.15. The summed E-state index contributed by atoms with van der Waals surface area (Å²) in [6.45, 7) is 6.50. The van der Waals surface area contributed by atoms with Gasteiger partial charge >= 0.3 is 5.97 Å². The van der Waals surface area contributed by atoms with Gasteiger partial charge in [0.2, 0.25) is 0 Å². The minimum atomic E-state index is -0.780. The van der Waals surface area contributed by atoms with Crippen molar-refractivity contribution in [1.82, 2.24) is 5.32 Å². The molecule has 0 aromatic heterocycles. The highest BCUT2D eigenvalue weighted by atomic mass is 16.4. The number of allylic oxidation sites excluding steroid dienone is 2. The molecular weight excluding hydrogens is 326 g/mol. The van der Waals surface area contributed by atoms with Crippen molar-refractivity contribution >= 4 is 5.97 Å². The Bertz CT molecular complexity index is 340. The molecule has 0 saturated heterocycles. The Kier molecular flexibility index (Phi) is 19.9. The minimum Gasteiger partial charge on any atom is -0.480 e. The molecule has 4 nitrogen and oxygen atoms in total. The fourth-order valence-electron chi connectivity index (χ4n) is 3.04. The fourth-order valence-corrected chi connectivity index (χ4v) is 3.04. The van der Waals surface area contributed by atoms with Gasteiger partial charge in [0, 0.05) is 5.54 Å². The average Bonchev–Trinajstić information content (AvgIpc) is 2.56. The lowest BCUT2D eigenvalue weighted by atomic mass is 9.96. The van der Waals surface area contributed by atoms with Crippen molar-refractivity contribution in [1.29, 1.82) is 0 Å². The zero-order chi connectivity index (χ0) is 18.8. The van der Waals surface area contributed by atoms with Crippen LogP contribution >= 0.6 is 0 Å². The molecule has 0 aromatic rings. The van der Waals surface area contributed by atoms with Gasteiger partial charge in [-0.25, -0.2) is 0 Å². The molecule has 0 spiro atoms. The van der Waals surface area contributed by atoms with Gasteiger partial charge in [0.05, 0.1) is 6.54 Å². The van der Waals surface area contributed by atoms with Crippen molar-refractivity contribution in [3.05, 3.63) is 12.2 Å². The van der Waals surface area contributed by atoms with E-state index in [2.05, 4.69) is 38.2 Å². The number of carboxylic acid groups (broad SMARTS) is 1. The summed E-state index contributed by atoms with van der Waals surface area (Å²) in [5.74, 6) is -0.780. The predicted octanol–water partition coefficient (Wildman–Crippen LogP) is 5.65. The summed E-state index contributed by atoms with van der Waals surface area (Å²) < 4.78 is 0. The molecule has 0 aliphatic carbocycles. The predicted molar refractivity (Wildman–Crippen MR) is 113 cm³/mol. The van der Waals surface area contributed by atoms with Gasteiger partial charge in [-0.1, -0.05) is 76.9 Å². The maximum atomic E-state index is 10.6. The largest absolute Gasteiger partial charge is 0.480 e. The Hall–Kier alpha value is -0.870. The second kappa shape index (κ2) is 18.9. The van der Waals surface area contributed by atoms with Crippen LogP contribution in [0.25, 0.3) is 0 Å². The molecule has 4 N–H and O–H groups in total. The van der Waals surface area contributed by atoms with Crippen LogP contribution in [0, 0.1) is 0 Å². The number of nitrogens with one attached hydrogen (secondary N) is 1. The van der Waals surface area contributed by atoms with Gasteiger partial charge in [-0.3, -0.25) is 4.79 Å². The number of hydrogen-bond donors (Lipinski definition) is 2. The van der Waals surface area contributed by atoms with Gasteiger partial charge in [0.25, 0.3) is 0 Å². The monoisotopic (exact) mass is 371 g/mol. The zero-order valence-corrected chi connectivity index (χ0v) is 17.6. The molecule has 0 amide bonds. The molecule has 0 rings (SSSR count). The molecular formula is C22H45NO3. The maximum absolute atomic E-state index is 10.6. The van der Waals surface area contributed by atoms with Crippen LogP contribution in [-0.4, -0.2) is 28.6 Å². The van der Waals surface area contributed by atoms with Crippen LogP contribution in [0.5, 0.6) is 0 Å². The first-order valence-electron chi connectivity index (χ1n) is 10.6. The summed E-state index contributed by atoms with van der Waals surface area (Å²) in [4.78, 5) is 10.6. The van der Waals surface area contributed by atoms with Gasteiger partial charge in [0.15, 0.2) is 0 Å². The van der Waals surface area contributed by atoms with E-state index in [1.807, 2.05) is 0 Å². The van der Waals surface area contributed by atoms with Gasteiger partial charge < -0.3 is 15.9 Å². The summed E-state index contributed by atoms with van der Waals surface area (Å²) >= 11 is 0. The van der Waals surface area contributed by atoms with Crippen molar-refractivity contribution in [3.8, 4) is 0 Å². The number of rotatable bonds is 18. The van der Waals surface area contributed by atoms with Crippen LogP contribution in [0.4, 0.5) is 0 Å². The van der Waals surface area contributed by atoms with Crippen LogP contribution in [0.3, 0.4) is 0 Å². The molecule has 0 unspecified atom stereocenters. The van der Waals surface area contributed by atoms with Gasteiger partial charge in [-0.2, -0.15) is 0 Å². The molecule has 0 aromatic carbocycles. The van der Waals surface area contributed by atoms with E-state index in [-0.39, 0.29) is 17.6 Å². The molecule has 0 aliphatic rings. The first kappa shape index (κ1) is 27.3. The Balaban J connectivity index is 0. The van der Waals surface area contributed by atoms with Crippen LogP contribution in [0.15, 0.2) is 12.2 Å². The Labute approximate surface area is 162 Å². The van der Waals surface area contributed by atoms with Crippen LogP contribution in [0.2, 0.25) is 0 Å². The minimum absolute atomic E-state index is 0. The topological polar surface area (TPSA) is 80.8 Å². The van der Waals surface area contributed by atoms with E-state index in [1.54, 1.807) is 0 Å². The van der Waals surface area contributed by atoms with Crippen LogP contribution in [-0.2, 0) is 4.79 Å². The second-order valence-electron chi connectivity index (χ2n) is 7.97. The third kappa shape index (κ3) is 21.2. The summed E-state index contributed by atoms with van der Waals surface area (Å²) in [7, 11) is 0. The number of hydrogen-bond acceptors (Lipinski definition) is 2. The summed E-state index contributed by atoms with van der Waals surface area (Å²) in [6, 6.07) is 0. The smallest absolute Gasteiger partial charge is 0.317 e. The normalized spacial score (nSPS) is 11.7. The lowest BCUT2D eigenvalue weighted by Gasteiger charge is -2.25. The number of aliphatic carboxylic acids is 1. The Morgan fingerprint density at radius 1 is 0.846 bits per heavy atom. The molecule has 4 heteroatoms. The third-order valence-corrected chi connectivity index (χ3v) is 4.78. The Morgan fingerprint density at radius 2 is 1.31 bits per heavy atom. The highest BCUT2D eigenvalue weighted by Gasteiger charge is 2.17. The molecule has 0 saturated carbocycles. The maximum Gasteiger partial charge on any atom is 0.317 e. The lowest BCUT2D eigenvalue weighted by Crippen LogP contribution is -2.42. The lowest BCUT2D eigenvalue weighted by molar-refractivity contribution is -0.136. The molecule has 0 fully saturated rings. The first-order valence-corrected chi connectivity index (χ1v) is 10.6. The van der Waals surface area contributed by atoms with Gasteiger partial charge in [0.1, 0.15) is 0 Å². The van der Waals surface area contributed by atoms with Gasteiger partial charge in [-0.15, -0.1) is 0 Å². The molecule has 156 valence electrons. The SMILES string of the molecule is CCCCCCCC/C=C\CCCCCCCC(C)(C)NCC(=O)O.O. The average molecular weight is 372 g/mol. The number of carboxylic acids is 1. The van der Waals surface area contributed by atoms with Crippen molar-refractivity contribution in [2.24, 2.45) is 0 Å². The molecule has 0 aliphatic heterocycles. The zero-order valence-electron chi connectivity index (χ0n) is 17.6. The van der Waals surface area contributed by atoms with E-state index in [1.165, 1.54) is 83.5 Å². The van der Waals surface area contributed by atoms with Crippen LogP contribution in [0.1, 0.15) is 111 Å². The number of carbonyl (C=O) groups is 1. The van der Waals surface area contributed by atoms with Crippen molar-refractivity contribution in [3.63, 3.8) is 0 Å². The summed E-state index contributed by atoms with van der Waals surface area (Å²) in [5, 5.41) is 11.8. The molecule has 0 heterocycles. The second-order valence-corrected chi connectivity index (χ2v) is 7.97. The van der Waals surface area contributed by atoms with Crippen molar-refractivity contribution in [2.75, 3.05) is 6.54 Å². The van der Waals surface area contributed by atoms with Crippen molar-refractivity contribution < 1.29 is 15.4 Å². The summed E-state index contributed by atoms with van der Waals surface area (Å²) in [6.07, 6.45) is 22.9. The third-order valence-electron chi connectivity index (χ3n) is 4.78. The highest BCUT2D eigenvalue weighted by molar-refractivity contribution is 5.69. The molecule has 0 radical (unpaired) electrons. The standard InChI is InChI=1S/C22H43NO2.H2O/c1-4-5-6-7-8-9-10-11-12-13-14-15-16-17-18-19-22(2,3)23-20-21(24)25;/h11-12,23H,4-10,13-20H2,1-3H3,(H,24,25);1H2/b12-11-;. The summed E-state index contributed by atoms with van der Waals surface area (Å²) in [5.41, 5.74) is -0.0718. The fraction of sp³-hybridized carbons (Fsp3) is 0.864. The van der Waals surface area contributed by atoms with E-state index in [0.717, 1.165) is 6.42 Å². The molecule has 0 atom stereocenters.